The van der Waals surface area contributed by atoms with Gasteiger partial charge in [0.25, 0.3) is 0 Å². The molecule has 0 bridgehead atoms. The molecule has 2 aromatic carbocycles. The molecule has 4 nitrogen and oxygen atoms in total. The molecule has 0 spiro atoms. The topological polar surface area (TPSA) is 65.4 Å². The highest BCUT2D eigenvalue weighted by molar-refractivity contribution is 7.98. The Kier molecular flexibility index (Phi) is 5.04. The highest BCUT2D eigenvalue weighted by atomic mass is 35.5. The summed E-state index contributed by atoms with van der Waals surface area (Å²) in [5, 5.41) is 11.0. The Morgan fingerprint density at radius 2 is 1.85 bits per heavy atom. The van der Waals surface area contributed by atoms with Crippen molar-refractivity contribution in [2.75, 3.05) is 0 Å². The molecule has 0 aliphatic rings. The summed E-state index contributed by atoms with van der Waals surface area (Å²) in [6.07, 6.45) is 0. The van der Waals surface area contributed by atoms with Gasteiger partial charge in [-0.1, -0.05) is 53.2 Å². The van der Waals surface area contributed by atoms with Crippen LogP contribution >= 0.6 is 35.0 Å². The number of nitrogens with zero attached hydrogens (tertiary/aromatic N) is 3. The number of aromatic nitrogens is 3. The number of hydrogen-bond acceptors (Lipinski definition) is 4. The number of hydrogen-bond donors (Lipinski definition) is 1. The van der Waals surface area contributed by atoms with Crippen molar-refractivity contribution in [2.24, 2.45) is 0 Å². The Labute approximate surface area is 170 Å². The van der Waals surface area contributed by atoms with Gasteiger partial charge in [0.15, 0.2) is 0 Å². The van der Waals surface area contributed by atoms with Crippen LogP contribution in [-0.4, -0.2) is 15.0 Å². The molecule has 0 fully saturated rings. The monoisotopic (exact) mass is 410 g/mol. The Bertz CT molecular complexity index is 1150. The van der Waals surface area contributed by atoms with Crippen molar-refractivity contribution in [2.45, 2.75) is 10.8 Å². The predicted molar refractivity (Wildman–Crippen MR) is 110 cm³/mol. The predicted octanol–water partition coefficient (Wildman–Crippen LogP) is 6.10. The molecule has 0 saturated carbocycles. The second kappa shape index (κ2) is 7.61. The van der Waals surface area contributed by atoms with E-state index >= 15 is 0 Å². The lowest BCUT2D eigenvalue weighted by atomic mass is 10.1. The number of benzene rings is 2. The molecule has 0 aliphatic heterocycles. The first-order valence-electron chi connectivity index (χ1n) is 8.07. The average Bonchev–Trinajstić information content (AvgIpc) is 3.11. The van der Waals surface area contributed by atoms with E-state index in [1.807, 2.05) is 36.4 Å². The molecule has 27 heavy (non-hydrogen) atoms. The van der Waals surface area contributed by atoms with Gasteiger partial charge in [-0.3, -0.25) is 0 Å². The highest BCUT2D eigenvalue weighted by Crippen LogP contribution is 2.31. The third-order valence-electron chi connectivity index (χ3n) is 3.98. The third-order valence-corrected chi connectivity index (χ3v) is 5.72. The molecule has 0 unspecified atom stereocenters. The van der Waals surface area contributed by atoms with Crippen molar-refractivity contribution in [3.05, 3.63) is 76.0 Å². The number of nitriles is 1. The lowest BCUT2D eigenvalue weighted by Gasteiger charge is -2.07. The van der Waals surface area contributed by atoms with E-state index in [1.165, 1.54) is 11.8 Å². The van der Waals surface area contributed by atoms with E-state index in [2.05, 4.69) is 21.0 Å². The van der Waals surface area contributed by atoms with Crippen LogP contribution in [0.5, 0.6) is 0 Å². The van der Waals surface area contributed by atoms with Crippen molar-refractivity contribution < 1.29 is 0 Å². The van der Waals surface area contributed by atoms with Crippen LogP contribution in [0.4, 0.5) is 0 Å². The Balaban J connectivity index is 1.62. The van der Waals surface area contributed by atoms with Crippen LogP contribution in [0.15, 0.2) is 59.6 Å². The van der Waals surface area contributed by atoms with Crippen molar-refractivity contribution >= 4 is 46.0 Å². The zero-order chi connectivity index (χ0) is 18.8. The molecular formula is C20H12Cl2N4S. The van der Waals surface area contributed by atoms with Gasteiger partial charge in [-0.05, 0) is 36.4 Å². The molecule has 0 amide bonds. The molecule has 0 radical (unpaired) electrons. The zero-order valence-corrected chi connectivity index (χ0v) is 16.2. The van der Waals surface area contributed by atoms with E-state index in [1.54, 1.807) is 18.2 Å². The molecule has 4 aromatic rings. The Hall–Kier alpha value is -2.52. The largest absolute Gasteiger partial charge is 0.341 e. The van der Waals surface area contributed by atoms with Crippen LogP contribution in [-0.2, 0) is 5.75 Å². The van der Waals surface area contributed by atoms with E-state index < -0.39 is 0 Å². The van der Waals surface area contributed by atoms with Gasteiger partial charge in [0.1, 0.15) is 16.9 Å². The van der Waals surface area contributed by atoms with E-state index in [-0.39, 0.29) is 0 Å². The van der Waals surface area contributed by atoms with Crippen LogP contribution in [0.1, 0.15) is 11.4 Å². The van der Waals surface area contributed by atoms with Gasteiger partial charge in [-0.25, -0.2) is 9.97 Å². The normalized spacial score (nSPS) is 10.9. The van der Waals surface area contributed by atoms with Gasteiger partial charge >= 0.3 is 0 Å². The van der Waals surface area contributed by atoms with E-state index in [9.17, 15) is 5.26 Å². The summed E-state index contributed by atoms with van der Waals surface area (Å²) < 4.78 is 0. The summed E-state index contributed by atoms with van der Waals surface area (Å²) in [6.45, 7) is 0. The number of fused-ring (bicyclic) bond motifs is 1. The second-order valence-electron chi connectivity index (χ2n) is 5.78. The first-order chi connectivity index (χ1) is 13.1. The second-order valence-corrected chi connectivity index (χ2v) is 7.56. The van der Waals surface area contributed by atoms with Crippen LogP contribution in [0, 0.1) is 11.3 Å². The first kappa shape index (κ1) is 17.9. The molecule has 0 aliphatic carbocycles. The van der Waals surface area contributed by atoms with Crippen molar-refractivity contribution in [3.8, 4) is 17.3 Å². The number of rotatable bonds is 4. The summed E-state index contributed by atoms with van der Waals surface area (Å²) in [7, 11) is 0. The summed E-state index contributed by atoms with van der Waals surface area (Å²) in [4.78, 5) is 12.5. The first-order valence-corrected chi connectivity index (χ1v) is 9.81. The average molecular weight is 411 g/mol. The summed E-state index contributed by atoms with van der Waals surface area (Å²) >= 11 is 13.6. The lowest BCUT2D eigenvalue weighted by molar-refractivity contribution is 1.09. The van der Waals surface area contributed by atoms with Crippen LogP contribution in [0.25, 0.3) is 22.3 Å². The third kappa shape index (κ3) is 3.79. The van der Waals surface area contributed by atoms with Gasteiger partial charge < -0.3 is 4.98 Å². The standard InChI is InChI=1S/C20H12Cl2N4S/c21-14-7-5-12(9-15(14)22)16-8-6-13(10-23)20(26-16)27-11-19-24-17-3-1-2-4-18(17)25-19/h1-9H,11H2,(H,24,25). The molecule has 132 valence electrons. The van der Waals surface area contributed by atoms with Gasteiger partial charge in [0.05, 0.1) is 38.1 Å². The number of aromatic amines is 1. The lowest BCUT2D eigenvalue weighted by Crippen LogP contribution is -1.92. The van der Waals surface area contributed by atoms with E-state index in [0.29, 0.717) is 26.4 Å². The SMILES string of the molecule is N#Cc1ccc(-c2ccc(Cl)c(Cl)c2)nc1SCc1nc2ccccc2[nH]1. The highest BCUT2D eigenvalue weighted by Gasteiger charge is 2.11. The smallest absolute Gasteiger partial charge is 0.117 e. The van der Waals surface area contributed by atoms with Crippen LogP contribution in [0.2, 0.25) is 10.0 Å². The maximum Gasteiger partial charge on any atom is 0.117 e. The van der Waals surface area contributed by atoms with Crippen molar-refractivity contribution in [3.63, 3.8) is 0 Å². The Morgan fingerprint density at radius 1 is 1.00 bits per heavy atom. The molecule has 0 atom stereocenters. The fourth-order valence-corrected chi connectivity index (χ4v) is 3.80. The fraction of sp³-hybridized carbons (Fsp3) is 0.0500. The molecule has 2 heterocycles. The number of pyridine rings is 1. The summed E-state index contributed by atoms with van der Waals surface area (Å²) in [5.74, 6) is 1.42. The molecule has 4 rings (SSSR count). The van der Waals surface area contributed by atoms with Crippen molar-refractivity contribution in [1.29, 1.82) is 5.26 Å². The van der Waals surface area contributed by atoms with Crippen molar-refractivity contribution in [1.82, 2.24) is 15.0 Å². The minimum atomic E-state index is 0.469. The maximum atomic E-state index is 9.41. The van der Waals surface area contributed by atoms with Gasteiger partial charge in [-0.2, -0.15) is 5.26 Å². The molecule has 2 aromatic heterocycles. The van der Waals surface area contributed by atoms with Gasteiger partial charge in [0.2, 0.25) is 0 Å². The summed E-state index contributed by atoms with van der Waals surface area (Å²) in [6, 6.07) is 19.0. The Morgan fingerprint density at radius 3 is 2.63 bits per heavy atom. The van der Waals surface area contributed by atoms with E-state index in [4.69, 9.17) is 23.2 Å². The van der Waals surface area contributed by atoms with Gasteiger partial charge in [-0.15, -0.1) is 0 Å². The molecule has 7 heteroatoms. The van der Waals surface area contributed by atoms with E-state index in [0.717, 1.165) is 28.1 Å². The van der Waals surface area contributed by atoms with Crippen LogP contribution in [0.3, 0.4) is 0 Å². The quantitative estimate of drug-likeness (QED) is 0.413. The minimum Gasteiger partial charge on any atom is -0.341 e. The zero-order valence-electron chi connectivity index (χ0n) is 13.9. The number of thioether (sulfide) groups is 1. The number of halogens is 2. The fourth-order valence-electron chi connectivity index (χ4n) is 2.66. The molecular weight excluding hydrogens is 399 g/mol. The minimum absolute atomic E-state index is 0.469. The number of H-pyrrole nitrogens is 1. The number of nitrogens with one attached hydrogen (secondary N) is 1. The number of para-hydroxylation sites is 2. The van der Waals surface area contributed by atoms with Crippen LogP contribution < -0.4 is 0 Å². The number of imidazole rings is 1. The molecule has 0 saturated heterocycles. The summed E-state index contributed by atoms with van der Waals surface area (Å²) in [5.41, 5.74) is 4.02. The van der Waals surface area contributed by atoms with Gasteiger partial charge in [0, 0.05) is 5.56 Å². The molecule has 1 N–H and O–H groups in total. The maximum absolute atomic E-state index is 9.41.